The van der Waals surface area contributed by atoms with Crippen LogP contribution in [0.25, 0.3) is 0 Å². The van der Waals surface area contributed by atoms with Crippen LogP contribution >= 0.6 is 11.8 Å². The number of nitrogen functional groups attached to an aromatic ring is 1. The third kappa shape index (κ3) is 3.99. The highest BCUT2D eigenvalue weighted by Gasteiger charge is 2.21. The molecule has 1 aromatic heterocycles. The Labute approximate surface area is 169 Å². The van der Waals surface area contributed by atoms with Crippen LogP contribution in [0.5, 0.6) is 5.75 Å². The number of methoxy groups -OCH3 is 1. The molecule has 28 heavy (non-hydrogen) atoms. The van der Waals surface area contributed by atoms with E-state index in [1.54, 1.807) is 25.2 Å². The zero-order valence-electron chi connectivity index (χ0n) is 15.8. The van der Waals surface area contributed by atoms with Gasteiger partial charge in [0.05, 0.1) is 7.11 Å². The first-order chi connectivity index (χ1) is 13.7. The first-order valence-corrected chi connectivity index (χ1v) is 10.0. The van der Waals surface area contributed by atoms with Crippen LogP contribution in [-0.2, 0) is 0 Å². The third-order valence-corrected chi connectivity index (χ3v) is 5.83. The summed E-state index contributed by atoms with van der Waals surface area (Å²) in [6.45, 7) is 3.55. The van der Waals surface area contributed by atoms with Crippen molar-refractivity contribution >= 4 is 29.0 Å². The summed E-state index contributed by atoms with van der Waals surface area (Å²) in [5.74, 6) is 1.70. The number of piperazine rings is 1. The van der Waals surface area contributed by atoms with E-state index in [9.17, 15) is 0 Å². The molecule has 4 rings (SSSR count). The minimum absolute atomic E-state index is 0.647. The summed E-state index contributed by atoms with van der Waals surface area (Å²) in [6, 6.07) is 18.3. The van der Waals surface area contributed by atoms with Crippen LogP contribution in [0.2, 0.25) is 0 Å². The molecule has 0 bridgehead atoms. The average molecular weight is 394 g/mol. The van der Waals surface area contributed by atoms with E-state index >= 15 is 0 Å². The molecule has 2 N–H and O–H groups in total. The van der Waals surface area contributed by atoms with Gasteiger partial charge in [-0.25, -0.2) is 9.97 Å². The number of benzene rings is 2. The normalized spacial score (nSPS) is 14.2. The quantitative estimate of drug-likeness (QED) is 0.665. The van der Waals surface area contributed by atoms with Gasteiger partial charge in [-0.15, -0.1) is 0 Å². The summed E-state index contributed by atoms with van der Waals surface area (Å²) < 4.78 is 5.24. The molecule has 1 aliphatic heterocycles. The maximum absolute atomic E-state index is 6.42. The van der Waals surface area contributed by atoms with Crippen LogP contribution in [0.4, 0.5) is 17.2 Å². The zero-order chi connectivity index (χ0) is 19.3. The van der Waals surface area contributed by atoms with Crippen molar-refractivity contribution in [1.82, 2.24) is 9.97 Å². The molecule has 0 atom stereocenters. The van der Waals surface area contributed by atoms with Crippen molar-refractivity contribution in [2.24, 2.45) is 0 Å². The van der Waals surface area contributed by atoms with Gasteiger partial charge >= 0.3 is 0 Å². The summed E-state index contributed by atoms with van der Waals surface area (Å²) in [6.07, 6.45) is 1.60. The molecule has 144 valence electrons. The first-order valence-electron chi connectivity index (χ1n) is 9.22. The van der Waals surface area contributed by atoms with Gasteiger partial charge in [0.2, 0.25) is 0 Å². The largest absolute Gasteiger partial charge is 0.497 e. The lowest BCUT2D eigenvalue weighted by Gasteiger charge is -2.37. The summed E-state index contributed by atoms with van der Waals surface area (Å²) in [7, 11) is 1.68. The number of nitrogens with two attached hydrogens (primary N) is 1. The van der Waals surface area contributed by atoms with Gasteiger partial charge in [-0.3, -0.25) is 0 Å². The Morgan fingerprint density at radius 1 is 0.893 bits per heavy atom. The Bertz CT molecular complexity index is 912. The van der Waals surface area contributed by atoms with Gasteiger partial charge in [0, 0.05) is 36.8 Å². The number of anilines is 3. The molecule has 0 radical (unpaired) electrons. The van der Waals surface area contributed by atoms with Crippen molar-refractivity contribution in [3.63, 3.8) is 0 Å². The molecular weight excluding hydrogens is 370 g/mol. The zero-order valence-corrected chi connectivity index (χ0v) is 16.6. The van der Waals surface area contributed by atoms with Gasteiger partial charge in [-0.2, -0.15) is 0 Å². The summed E-state index contributed by atoms with van der Waals surface area (Å²) >= 11 is 1.57. The van der Waals surface area contributed by atoms with Gasteiger partial charge in [-0.1, -0.05) is 30.0 Å². The average Bonchev–Trinajstić information content (AvgIpc) is 2.76. The second-order valence-electron chi connectivity index (χ2n) is 6.50. The summed E-state index contributed by atoms with van der Waals surface area (Å²) in [5.41, 5.74) is 8.28. The fraction of sp³-hybridized carbons (Fsp3) is 0.238. The Morgan fingerprint density at radius 3 is 2.25 bits per heavy atom. The van der Waals surface area contributed by atoms with Crippen LogP contribution in [0, 0.1) is 0 Å². The number of ether oxygens (including phenoxy) is 1. The number of hydrogen-bond acceptors (Lipinski definition) is 7. The molecule has 0 spiro atoms. The standard InChI is InChI=1S/C21H23N5OS/c1-27-17-9-7-16(8-10-17)25-11-13-26(14-12-25)20-19(22)21(24-15-23-20)28-18-5-3-2-4-6-18/h2-10,15H,11-14,22H2,1H3. The van der Waals surface area contributed by atoms with Gasteiger partial charge in [0.25, 0.3) is 0 Å². The van der Waals surface area contributed by atoms with Crippen molar-refractivity contribution in [3.05, 3.63) is 60.9 Å². The number of aromatic nitrogens is 2. The smallest absolute Gasteiger partial charge is 0.156 e. The highest BCUT2D eigenvalue weighted by molar-refractivity contribution is 7.99. The lowest BCUT2D eigenvalue weighted by atomic mass is 10.2. The van der Waals surface area contributed by atoms with Crippen LogP contribution in [-0.4, -0.2) is 43.3 Å². The van der Waals surface area contributed by atoms with Crippen molar-refractivity contribution in [2.45, 2.75) is 9.92 Å². The number of hydrogen-bond donors (Lipinski definition) is 1. The van der Waals surface area contributed by atoms with Crippen LogP contribution < -0.4 is 20.3 Å². The molecule has 0 aliphatic carbocycles. The predicted octanol–water partition coefficient (Wildman–Crippen LogP) is 3.55. The Hall–Kier alpha value is -2.93. The van der Waals surface area contributed by atoms with Crippen LogP contribution in [0.3, 0.4) is 0 Å². The topological polar surface area (TPSA) is 67.5 Å². The van der Waals surface area contributed by atoms with Crippen molar-refractivity contribution in [3.8, 4) is 5.75 Å². The van der Waals surface area contributed by atoms with Crippen molar-refractivity contribution in [2.75, 3.05) is 48.8 Å². The lowest BCUT2D eigenvalue weighted by molar-refractivity contribution is 0.415. The second-order valence-corrected chi connectivity index (χ2v) is 7.57. The fourth-order valence-electron chi connectivity index (χ4n) is 3.27. The molecule has 3 aromatic rings. The molecule has 1 saturated heterocycles. The molecule has 0 saturated carbocycles. The molecule has 1 aliphatic rings. The van der Waals surface area contributed by atoms with Gasteiger partial charge in [0.1, 0.15) is 22.8 Å². The first kappa shape index (κ1) is 18.4. The SMILES string of the molecule is COc1ccc(N2CCN(c3ncnc(Sc4ccccc4)c3N)CC2)cc1. The van der Waals surface area contributed by atoms with E-state index in [-0.39, 0.29) is 0 Å². The molecule has 0 amide bonds. The minimum atomic E-state index is 0.647. The second kappa shape index (κ2) is 8.39. The molecule has 6 nitrogen and oxygen atoms in total. The minimum Gasteiger partial charge on any atom is -0.497 e. The van der Waals surface area contributed by atoms with Gasteiger partial charge in [0.15, 0.2) is 5.82 Å². The number of nitrogens with zero attached hydrogens (tertiary/aromatic N) is 4. The molecule has 1 fully saturated rings. The van der Waals surface area contributed by atoms with Crippen molar-refractivity contribution in [1.29, 1.82) is 0 Å². The highest BCUT2D eigenvalue weighted by atomic mass is 32.2. The monoisotopic (exact) mass is 393 g/mol. The molecule has 7 heteroatoms. The fourth-order valence-corrected chi connectivity index (χ4v) is 4.09. The third-order valence-electron chi connectivity index (χ3n) is 4.80. The highest BCUT2D eigenvalue weighted by Crippen LogP contribution is 2.34. The predicted molar refractivity (Wildman–Crippen MR) is 114 cm³/mol. The molecule has 2 aromatic carbocycles. The van der Waals surface area contributed by atoms with Gasteiger partial charge in [-0.05, 0) is 36.4 Å². The van der Waals surface area contributed by atoms with E-state index in [0.29, 0.717) is 5.69 Å². The van der Waals surface area contributed by atoms with E-state index in [0.717, 1.165) is 47.7 Å². The van der Waals surface area contributed by atoms with E-state index < -0.39 is 0 Å². The molecular formula is C21H23N5OS. The Morgan fingerprint density at radius 2 is 1.57 bits per heavy atom. The van der Waals surface area contributed by atoms with Crippen LogP contribution in [0.1, 0.15) is 0 Å². The maximum atomic E-state index is 6.42. The summed E-state index contributed by atoms with van der Waals surface area (Å²) in [4.78, 5) is 14.6. The lowest BCUT2D eigenvalue weighted by Crippen LogP contribution is -2.47. The molecule has 2 heterocycles. The summed E-state index contributed by atoms with van der Waals surface area (Å²) in [5, 5.41) is 0.800. The van der Waals surface area contributed by atoms with E-state index in [2.05, 4.69) is 44.0 Å². The number of rotatable bonds is 5. The Kier molecular flexibility index (Phi) is 5.53. The van der Waals surface area contributed by atoms with Crippen molar-refractivity contribution < 1.29 is 4.74 Å². The van der Waals surface area contributed by atoms with E-state index in [1.165, 1.54) is 5.69 Å². The van der Waals surface area contributed by atoms with Crippen LogP contribution in [0.15, 0.2) is 70.8 Å². The molecule has 0 unspecified atom stereocenters. The Balaban J connectivity index is 1.45. The van der Waals surface area contributed by atoms with Gasteiger partial charge < -0.3 is 20.3 Å². The van der Waals surface area contributed by atoms with E-state index in [4.69, 9.17) is 10.5 Å². The van der Waals surface area contributed by atoms with E-state index in [1.807, 2.05) is 30.3 Å². The maximum Gasteiger partial charge on any atom is 0.156 e.